The molecule has 108 valence electrons. The van der Waals surface area contributed by atoms with Gasteiger partial charge in [-0.25, -0.2) is 0 Å². The van der Waals surface area contributed by atoms with Crippen molar-refractivity contribution in [2.24, 2.45) is 10.7 Å². The second kappa shape index (κ2) is 5.99. The Morgan fingerprint density at radius 3 is 2.67 bits per heavy atom. The molecule has 0 bridgehead atoms. The third-order valence-electron chi connectivity index (χ3n) is 3.42. The Labute approximate surface area is 145 Å². The van der Waals surface area contributed by atoms with Crippen molar-refractivity contribution in [3.05, 3.63) is 62.0 Å². The zero-order valence-electron chi connectivity index (χ0n) is 10.9. The summed E-state index contributed by atoms with van der Waals surface area (Å²) < 4.78 is 1.93. The Kier molecular flexibility index (Phi) is 4.24. The molecule has 0 fully saturated rings. The molecule has 21 heavy (non-hydrogen) atoms. The summed E-state index contributed by atoms with van der Waals surface area (Å²) in [4.78, 5) is 6.40. The summed E-state index contributed by atoms with van der Waals surface area (Å²) in [6, 6.07) is 13.8. The monoisotopic (exact) mass is 427 g/mol. The van der Waals surface area contributed by atoms with Crippen molar-refractivity contribution >= 4 is 55.1 Å². The first-order valence-electron chi connectivity index (χ1n) is 6.36. The van der Waals surface area contributed by atoms with Gasteiger partial charge in [0.15, 0.2) is 5.96 Å². The molecule has 1 aliphatic heterocycles. The Balaban J connectivity index is 2.05. The van der Waals surface area contributed by atoms with Crippen LogP contribution in [0.3, 0.4) is 0 Å². The van der Waals surface area contributed by atoms with E-state index in [2.05, 4.69) is 36.9 Å². The maximum absolute atomic E-state index is 6.39. The molecule has 1 heterocycles. The predicted molar refractivity (Wildman–Crippen MR) is 95.0 cm³/mol. The molecule has 2 aromatic carbocycles. The highest BCUT2D eigenvalue weighted by molar-refractivity contribution is 9.10. The molecule has 0 aliphatic carbocycles. The summed E-state index contributed by atoms with van der Waals surface area (Å²) in [7, 11) is 0. The van der Waals surface area contributed by atoms with Crippen LogP contribution in [0.4, 0.5) is 5.69 Å². The quantitative estimate of drug-likeness (QED) is 0.749. The molecule has 0 radical (unpaired) electrons. The molecule has 0 spiro atoms. The van der Waals surface area contributed by atoms with Crippen LogP contribution in [-0.4, -0.2) is 12.5 Å². The third kappa shape index (κ3) is 2.82. The Bertz CT molecular complexity index is 718. The van der Waals surface area contributed by atoms with Crippen molar-refractivity contribution < 1.29 is 0 Å². The van der Waals surface area contributed by atoms with Gasteiger partial charge in [0.05, 0.1) is 18.3 Å². The molecule has 0 amide bonds. The molecule has 0 aromatic heterocycles. The van der Waals surface area contributed by atoms with Gasteiger partial charge in [0.2, 0.25) is 0 Å². The lowest BCUT2D eigenvalue weighted by Crippen LogP contribution is -2.36. The number of aliphatic imine (C=N–C) groups is 1. The molecule has 2 aromatic rings. The van der Waals surface area contributed by atoms with Crippen LogP contribution >= 0.6 is 43.5 Å². The number of rotatable bonds is 2. The van der Waals surface area contributed by atoms with Crippen molar-refractivity contribution in [3.8, 4) is 0 Å². The van der Waals surface area contributed by atoms with Gasteiger partial charge in [0.1, 0.15) is 0 Å². The van der Waals surface area contributed by atoms with Crippen molar-refractivity contribution in [1.82, 2.24) is 0 Å². The van der Waals surface area contributed by atoms with Gasteiger partial charge in [0, 0.05) is 14.0 Å². The average Bonchev–Trinajstić information content (AvgIpc) is 2.81. The molecule has 3 nitrogen and oxygen atoms in total. The first-order chi connectivity index (χ1) is 10.1. The van der Waals surface area contributed by atoms with E-state index < -0.39 is 0 Å². The molecule has 6 heteroatoms. The largest absolute Gasteiger partial charge is 0.369 e. The maximum Gasteiger partial charge on any atom is 0.196 e. The molecular weight excluding hydrogens is 417 g/mol. The zero-order chi connectivity index (χ0) is 15.0. The van der Waals surface area contributed by atoms with Crippen molar-refractivity contribution in [2.45, 2.75) is 6.04 Å². The first-order valence-corrected chi connectivity index (χ1v) is 8.33. The normalized spacial score (nSPS) is 18.0. The SMILES string of the molecule is NC1=NCC(c2ccc(Br)cc2Cl)N1c1ccccc1Br. The number of nitrogens with zero attached hydrogens (tertiary/aromatic N) is 2. The molecule has 1 atom stereocenters. The van der Waals surface area contributed by atoms with Crippen LogP contribution in [0, 0.1) is 0 Å². The first kappa shape index (κ1) is 14.9. The zero-order valence-corrected chi connectivity index (χ0v) is 14.9. The van der Waals surface area contributed by atoms with Crippen LogP contribution in [-0.2, 0) is 0 Å². The highest BCUT2D eigenvalue weighted by Gasteiger charge is 2.31. The molecule has 3 rings (SSSR count). The predicted octanol–water partition coefficient (Wildman–Crippen LogP) is 4.74. The summed E-state index contributed by atoms with van der Waals surface area (Å²) in [6.07, 6.45) is 0. The highest BCUT2D eigenvalue weighted by atomic mass is 79.9. The average molecular weight is 430 g/mol. The number of para-hydroxylation sites is 1. The standard InChI is InChI=1S/C15H12Br2ClN3/c16-9-5-6-10(12(18)7-9)14-8-20-15(19)21(14)13-4-2-1-3-11(13)17/h1-7,14H,8H2,(H2,19,20). The Morgan fingerprint density at radius 1 is 1.19 bits per heavy atom. The van der Waals surface area contributed by atoms with Gasteiger partial charge in [-0.1, -0.05) is 45.7 Å². The summed E-state index contributed by atoms with van der Waals surface area (Å²) in [5.41, 5.74) is 8.09. The van der Waals surface area contributed by atoms with Gasteiger partial charge in [-0.2, -0.15) is 0 Å². The van der Waals surface area contributed by atoms with E-state index in [-0.39, 0.29) is 6.04 Å². The lowest BCUT2D eigenvalue weighted by Gasteiger charge is -2.28. The molecule has 0 saturated heterocycles. The third-order valence-corrected chi connectivity index (χ3v) is 4.91. The van der Waals surface area contributed by atoms with E-state index in [1.165, 1.54) is 0 Å². The van der Waals surface area contributed by atoms with E-state index >= 15 is 0 Å². The number of benzene rings is 2. The van der Waals surface area contributed by atoms with E-state index in [9.17, 15) is 0 Å². The number of guanidine groups is 1. The van der Waals surface area contributed by atoms with Gasteiger partial charge in [0.25, 0.3) is 0 Å². The molecule has 0 saturated carbocycles. The number of hydrogen-bond donors (Lipinski definition) is 1. The summed E-state index contributed by atoms with van der Waals surface area (Å²) in [5.74, 6) is 0.505. The van der Waals surface area contributed by atoms with Crippen LogP contribution < -0.4 is 10.6 Å². The van der Waals surface area contributed by atoms with Gasteiger partial charge in [-0.15, -0.1) is 0 Å². The van der Waals surface area contributed by atoms with Crippen LogP contribution in [0.5, 0.6) is 0 Å². The van der Waals surface area contributed by atoms with Crippen LogP contribution in [0.1, 0.15) is 11.6 Å². The van der Waals surface area contributed by atoms with E-state index in [1.807, 2.05) is 47.4 Å². The minimum atomic E-state index is 0.00398. The number of hydrogen-bond acceptors (Lipinski definition) is 3. The number of nitrogens with two attached hydrogens (primary N) is 1. The fourth-order valence-electron chi connectivity index (χ4n) is 2.45. The van der Waals surface area contributed by atoms with Gasteiger partial charge in [-0.05, 0) is 45.8 Å². The van der Waals surface area contributed by atoms with Gasteiger partial charge >= 0.3 is 0 Å². The fraction of sp³-hybridized carbons (Fsp3) is 0.133. The van der Waals surface area contributed by atoms with E-state index in [0.29, 0.717) is 17.5 Å². The molecule has 1 unspecified atom stereocenters. The van der Waals surface area contributed by atoms with Crippen molar-refractivity contribution in [2.75, 3.05) is 11.4 Å². The maximum atomic E-state index is 6.39. The highest BCUT2D eigenvalue weighted by Crippen LogP contribution is 2.38. The second-order valence-electron chi connectivity index (χ2n) is 4.70. The van der Waals surface area contributed by atoms with Crippen LogP contribution in [0.25, 0.3) is 0 Å². The van der Waals surface area contributed by atoms with Crippen molar-refractivity contribution in [1.29, 1.82) is 0 Å². The Morgan fingerprint density at radius 2 is 1.95 bits per heavy atom. The van der Waals surface area contributed by atoms with Crippen LogP contribution in [0.15, 0.2) is 56.4 Å². The van der Waals surface area contributed by atoms with Crippen molar-refractivity contribution in [3.63, 3.8) is 0 Å². The summed E-state index contributed by atoms with van der Waals surface area (Å²) in [5, 5.41) is 0.705. The van der Waals surface area contributed by atoms with Gasteiger partial charge in [-0.3, -0.25) is 4.99 Å². The molecule has 1 aliphatic rings. The van der Waals surface area contributed by atoms with Crippen LogP contribution in [0.2, 0.25) is 5.02 Å². The fourth-order valence-corrected chi connectivity index (χ4v) is 3.72. The number of anilines is 1. The second-order valence-corrected chi connectivity index (χ2v) is 6.88. The molecular formula is C15H12Br2ClN3. The topological polar surface area (TPSA) is 41.6 Å². The Hall–Kier alpha value is -1.04. The molecule has 2 N–H and O–H groups in total. The summed E-state index contributed by atoms with van der Waals surface area (Å²) >= 11 is 13.4. The number of halogens is 3. The van der Waals surface area contributed by atoms with Gasteiger partial charge < -0.3 is 10.6 Å². The minimum Gasteiger partial charge on any atom is -0.369 e. The lowest BCUT2D eigenvalue weighted by molar-refractivity contribution is 0.767. The lowest BCUT2D eigenvalue weighted by atomic mass is 10.1. The van der Waals surface area contributed by atoms with E-state index in [4.69, 9.17) is 17.3 Å². The smallest absolute Gasteiger partial charge is 0.196 e. The minimum absolute atomic E-state index is 0.00398. The van der Waals surface area contributed by atoms with E-state index in [0.717, 1.165) is 20.2 Å². The van der Waals surface area contributed by atoms with E-state index in [1.54, 1.807) is 0 Å². The summed E-state index contributed by atoms with van der Waals surface area (Å²) in [6.45, 7) is 0.592.